The zero-order valence-corrected chi connectivity index (χ0v) is 11.4. The van der Waals surface area contributed by atoms with E-state index in [4.69, 9.17) is 5.26 Å². The number of nitriles is 1. The minimum Gasteiger partial charge on any atom is -0.392 e. The topological polar surface area (TPSA) is 50.5 Å². The lowest BCUT2D eigenvalue weighted by Crippen LogP contribution is -2.21. The highest BCUT2D eigenvalue weighted by atomic mass is 16.3. The molecule has 0 spiro atoms. The molecule has 4 heteroatoms. The van der Waals surface area contributed by atoms with Crippen LogP contribution in [0.3, 0.4) is 0 Å². The SMILES string of the molecule is CN(CCC#N)c1ccc(CN2CC[C@@H](O)C2)cc1. The van der Waals surface area contributed by atoms with Gasteiger partial charge in [-0.25, -0.2) is 0 Å². The van der Waals surface area contributed by atoms with Crippen molar-refractivity contribution in [2.75, 3.05) is 31.6 Å². The largest absolute Gasteiger partial charge is 0.392 e. The lowest BCUT2D eigenvalue weighted by molar-refractivity contribution is 0.175. The molecule has 1 saturated heterocycles. The molecule has 1 aromatic carbocycles. The molecular weight excluding hydrogens is 238 g/mol. The number of rotatable bonds is 5. The summed E-state index contributed by atoms with van der Waals surface area (Å²) < 4.78 is 0. The number of aliphatic hydroxyl groups is 1. The number of hydrogen-bond acceptors (Lipinski definition) is 4. The van der Waals surface area contributed by atoms with Gasteiger partial charge in [0.15, 0.2) is 0 Å². The van der Waals surface area contributed by atoms with Gasteiger partial charge < -0.3 is 10.0 Å². The van der Waals surface area contributed by atoms with Gasteiger partial charge in [-0.05, 0) is 24.1 Å². The molecule has 1 aliphatic rings. The van der Waals surface area contributed by atoms with E-state index < -0.39 is 0 Å². The predicted molar refractivity (Wildman–Crippen MR) is 75.8 cm³/mol. The number of benzene rings is 1. The van der Waals surface area contributed by atoms with E-state index in [0.29, 0.717) is 6.42 Å². The second kappa shape index (κ2) is 6.55. The smallest absolute Gasteiger partial charge is 0.0679 e. The third-order valence-corrected chi connectivity index (χ3v) is 3.59. The number of β-amino-alcohol motifs (C(OH)–C–C–N with tert-alkyl or cyclic N) is 1. The van der Waals surface area contributed by atoms with Crippen LogP contribution in [-0.4, -0.2) is 42.8 Å². The van der Waals surface area contributed by atoms with Gasteiger partial charge in [-0.1, -0.05) is 12.1 Å². The number of nitrogens with zero attached hydrogens (tertiary/aromatic N) is 3. The van der Waals surface area contributed by atoms with E-state index in [1.54, 1.807) is 0 Å². The Balaban J connectivity index is 1.89. The normalized spacial score (nSPS) is 19.3. The van der Waals surface area contributed by atoms with E-state index in [1.807, 2.05) is 7.05 Å². The highest BCUT2D eigenvalue weighted by Crippen LogP contribution is 2.17. The molecule has 0 amide bonds. The van der Waals surface area contributed by atoms with Crippen LogP contribution in [0.15, 0.2) is 24.3 Å². The van der Waals surface area contributed by atoms with Crippen LogP contribution in [0, 0.1) is 11.3 Å². The molecule has 0 aromatic heterocycles. The summed E-state index contributed by atoms with van der Waals surface area (Å²) in [4.78, 5) is 4.37. The van der Waals surface area contributed by atoms with Gasteiger partial charge in [0, 0.05) is 38.9 Å². The Morgan fingerprint density at radius 2 is 2.16 bits per heavy atom. The van der Waals surface area contributed by atoms with Crippen LogP contribution in [-0.2, 0) is 6.54 Å². The van der Waals surface area contributed by atoms with E-state index in [0.717, 1.165) is 38.3 Å². The fourth-order valence-corrected chi connectivity index (χ4v) is 2.42. The standard InChI is InChI=1S/C15H21N3O/c1-17(9-2-8-16)14-5-3-13(4-6-14)11-18-10-7-15(19)12-18/h3-6,15,19H,2,7,9-12H2,1H3/t15-/m1/s1. The highest BCUT2D eigenvalue weighted by molar-refractivity contribution is 5.46. The first kappa shape index (κ1) is 13.9. The van der Waals surface area contributed by atoms with Crippen LogP contribution in [0.5, 0.6) is 0 Å². The number of anilines is 1. The Morgan fingerprint density at radius 3 is 2.74 bits per heavy atom. The molecule has 0 bridgehead atoms. The van der Waals surface area contributed by atoms with Gasteiger partial charge in [-0.3, -0.25) is 4.90 Å². The van der Waals surface area contributed by atoms with Crippen LogP contribution in [0.1, 0.15) is 18.4 Å². The van der Waals surface area contributed by atoms with E-state index in [2.05, 4.69) is 40.1 Å². The maximum Gasteiger partial charge on any atom is 0.0679 e. The Morgan fingerprint density at radius 1 is 1.42 bits per heavy atom. The van der Waals surface area contributed by atoms with Crippen molar-refractivity contribution in [2.24, 2.45) is 0 Å². The van der Waals surface area contributed by atoms with Gasteiger partial charge in [-0.15, -0.1) is 0 Å². The van der Waals surface area contributed by atoms with Crippen LogP contribution in [0.2, 0.25) is 0 Å². The van der Waals surface area contributed by atoms with Gasteiger partial charge in [0.05, 0.1) is 18.6 Å². The third-order valence-electron chi connectivity index (χ3n) is 3.59. The lowest BCUT2D eigenvalue weighted by Gasteiger charge is -2.19. The molecule has 0 saturated carbocycles. The highest BCUT2D eigenvalue weighted by Gasteiger charge is 2.19. The Hall–Kier alpha value is -1.57. The second-order valence-corrected chi connectivity index (χ2v) is 5.17. The molecule has 1 heterocycles. The minimum atomic E-state index is -0.156. The quantitative estimate of drug-likeness (QED) is 0.872. The summed E-state index contributed by atoms with van der Waals surface area (Å²) in [6, 6.07) is 10.6. The van der Waals surface area contributed by atoms with Gasteiger partial charge in [0.1, 0.15) is 0 Å². The van der Waals surface area contributed by atoms with E-state index in [9.17, 15) is 5.11 Å². The van der Waals surface area contributed by atoms with E-state index in [-0.39, 0.29) is 6.10 Å². The molecule has 1 atom stereocenters. The molecule has 102 valence electrons. The summed E-state index contributed by atoms with van der Waals surface area (Å²) in [5.41, 5.74) is 2.41. The molecule has 4 nitrogen and oxygen atoms in total. The van der Waals surface area contributed by atoms with E-state index >= 15 is 0 Å². The van der Waals surface area contributed by atoms with Crippen molar-refractivity contribution >= 4 is 5.69 Å². The Labute approximate surface area is 114 Å². The van der Waals surface area contributed by atoms with Crippen molar-refractivity contribution in [1.29, 1.82) is 5.26 Å². The molecule has 2 rings (SSSR count). The van der Waals surface area contributed by atoms with Crippen molar-refractivity contribution in [3.8, 4) is 6.07 Å². The molecule has 1 aliphatic heterocycles. The maximum atomic E-state index is 9.50. The molecule has 19 heavy (non-hydrogen) atoms. The Bertz CT molecular complexity index is 438. The minimum absolute atomic E-state index is 0.156. The summed E-state index contributed by atoms with van der Waals surface area (Å²) >= 11 is 0. The maximum absolute atomic E-state index is 9.50. The number of aliphatic hydroxyl groups excluding tert-OH is 1. The average molecular weight is 259 g/mol. The Kier molecular flexibility index (Phi) is 4.78. The zero-order chi connectivity index (χ0) is 13.7. The van der Waals surface area contributed by atoms with Crippen molar-refractivity contribution in [3.63, 3.8) is 0 Å². The third kappa shape index (κ3) is 3.95. The van der Waals surface area contributed by atoms with Crippen LogP contribution in [0.25, 0.3) is 0 Å². The molecule has 1 aromatic rings. The van der Waals surface area contributed by atoms with Crippen LogP contribution < -0.4 is 4.90 Å². The first-order valence-electron chi connectivity index (χ1n) is 6.76. The first-order chi connectivity index (χ1) is 9.19. The van der Waals surface area contributed by atoms with Crippen molar-refractivity contribution in [3.05, 3.63) is 29.8 Å². The average Bonchev–Trinajstić information content (AvgIpc) is 2.82. The van der Waals surface area contributed by atoms with Crippen molar-refractivity contribution in [2.45, 2.75) is 25.5 Å². The zero-order valence-electron chi connectivity index (χ0n) is 11.4. The molecule has 0 radical (unpaired) electrons. The first-order valence-corrected chi connectivity index (χ1v) is 6.76. The van der Waals surface area contributed by atoms with Gasteiger partial charge in [0.2, 0.25) is 0 Å². The molecule has 0 aliphatic carbocycles. The van der Waals surface area contributed by atoms with Gasteiger partial charge in [-0.2, -0.15) is 5.26 Å². The fraction of sp³-hybridized carbons (Fsp3) is 0.533. The van der Waals surface area contributed by atoms with Crippen LogP contribution >= 0.6 is 0 Å². The van der Waals surface area contributed by atoms with Gasteiger partial charge in [0.25, 0.3) is 0 Å². The summed E-state index contributed by atoms with van der Waals surface area (Å²) in [5, 5.41) is 18.1. The monoisotopic (exact) mass is 259 g/mol. The molecular formula is C15H21N3O. The van der Waals surface area contributed by atoms with Crippen molar-refractivity contribution < 1.29 is 5.11 Å². The van der Waals surface area contributed by atoms with Crippen molar-refractivity contribution in [1.82, 2.24) is 4.90 Å². The lowest BCUT2D eigenvalue weighted by atomic mass is 10.2. The van der Waals surface area contributed by atoms with Gasteiger partial charge >= 0.3 is 0 Å². The molecule has 0 unspecified atom stereocenters. The van der Waals surface area contributed by atoms with E-state index in [1.165, 1.54) is 5.56 Å². The number of hydrogen-bond donors (Lipinski definition) is 1. The number of likely N-dealkylation sites (tertiary alicyclic amines) is 1. The fourth-order valence-electron chi connectivity index (χ4n) is 2.42. The summed E-state index contributed by atoms with van der Waals surface area (Å²) in [5.74, 6) is 0. The molecule has 1 fully saturated rings. The summed E-state index contributed by atoms with van der Waals surface area (Å²) in [6.45, 7) is 3.42. The second-order valence-electron chi connectivity index (χ2n) is 5.17. The predicted octanol–water partition coefficient (Wildman–Crippen LogP) is 1.60. The summed E-state index contributed by atoms with van der Waals surface area (Å²) in [7, 11) is 2.00. The molecule has 1 N–H and O–H groups in total. The van der Waals surface area contributed by atoms with Crippen LogP contribution in [0.4, 0.5) is 5.69 Å². The summed E-state index contributed by atoms with van der Waals surface area (Å²) in [6.07, 6.45) is 1.27.